The van der Waals surface area contributed by atoms with Crippen molar-refractivity contribution in [1.29, 1.82) is 0 Å². The molecule has 2 heterocycles. The molecule has 0 fully saturated rings. The summed E-state index contributed by atoms with van der Waals surface area (Å²) >= 11 is 0. The van der Waals surface area contributed by atoms with Crippen LogP contribution in [0.5, 0.6) is 0 Å². The number of aryl methyl sites for hydroxylation is 1. The Morgan fingerprint density at radius 1 is 1.07 bits per heavy atom. The van der Waals surface area contributed by atoms with E-state index in [-0.39, 0.29) is 5.91 Å². The van der Waals surface area contributed by atoms with Gasteiger partial charge in [0.05, 0.1) is 11.1 Å². The van der Waals surface area contributed by atoms with Crippen molar-refractivity contribution in [3.8, 4) is 17.1 Å². The number of aromatic nitrogens is 3. The van der Waals surface area contributed by atoms with Gasteiger partial charge < -0.3 is 9.64 Å². The van der Waals surface area contributed by atoms with Crippen LogP contribution in [-0.4, -0.2) is 34.3 Å². The quantitative estimate of drug-likeness (QED) is 0.615. The minimum absolute atomic E-state index is 0.100. The van der Waals surface area contributed by atoms with E-state index in [1.165, 1.54) is 5.56 Å². The van der Waals surface area contributed by atoms with Gasteiger partial charge >= 0.3 is 0 Å². The van der Waals surface area contributed by atoms with Crippen LogP contribution in [0.3, 0.4) is 0 Å². The van der Waals surface area contributed by atoms with Crippen LogP contribution in [0.2, 0.25) is 0 Å². The van der Waals surface area contributed by atoms with Crippen LogP contribution in [0, 0.1) is 0 Å². The second-order valence-electron chi connectivity index (χ2n) is 8.14. The van der Waals surface area contributed by atoms with Crippen LogP contribution in [0.1, 0.15) is 44.6 Å². The van der Waals surface area contributed by atoms with Gasteiger partial charge in [-0.2, -0.15) is 0 Å². The van der Waals surface area contributed by atoms with Gasteiger partial charge in [0.15, 0.2) is 11.6 Å². The first-order chi connectivity index (χ1) is 14.4. The third kappa shape index (κ3) is 3.31. The number of rotatable bonds is 6. The molecule has 0 bridgehead atoms. The van der Waals surface area contributed by atoms with Crippen LogP contribution in [0.15, 0.2) is 42.5 Å². The second-order valence-corrected chi connectivity index (χ2v) is 8.14. The highest BCUT2D eigenvalue weighted by Gasteiger charge is 2.42. The molecule has 6 heteroatoms. The molecule has 0 saturated heterocycles. The van der Waals surface area contributed by atoms with E-state index >= 15 is 0 Å². The Hall–Kier alpha value is -2.99. The minimum atomic E-state index is -0.568. The van der Waals surface area contributed by atoms with Gasteiger partial charge in [0.1, 0.15) is 6.61 Å². The summed E-state index contributed by atoms with van der Waals surface area (Å²) in [5.74, 6) is 1.48. The first kappa shape index (κ1) is 20.3. The number of anilines is 1. The van der Waals surface area contributed by atoms with Gasteiger partial charge in [-0.1, -0.05) is 19.1 Å². The van der Waals surface area contributed by atoms with Crippen LogP contribution in [-0.2, 0) is 28.0 Å². The summed E-state index contributed by atoms with van der Waals surface area (Å²) in [6, 6.07) is 14.4. The topological polar surface area (TPSA) is 60.2 Å². The normalized spacial score (nSPS) is 15.0. The molecule has 1 aliphatic rings. The van der Waals surface area contributed by atoms with Crippen molar-refractivity contribution < 1.29 is 9.53 Å². The molecular formula is C24H28N4O2. The Kier molecular flexibility index (Phi) is 5.20. The molecule has 0 unspecified atom stereocenters. The third-order valence-corrected chi connectivity index (χ3v) is 5.80. The van der Waals surface area contributed by atoms with E-state index in [9.17, 15) is 4.79 Å². The molecule has 156 valence electrons. The first-order valence-corrected chi connectivity index (χ1v) is 10.4. The summed E-state index contributed by atoms with van der Waals surface area (Å²) in [5, 5.41) is 4.71. The maximum atomic E-state index is 12.7. The molecule has 0 saturated carbocycles. The van der Waals surface area contributed by atoms with Gasteiger partial charge in [0.25, 0.3) is 0 Å². The zero-order valence-corrected chi connectivity index (χ0v) is 18.3. The summed E-state index contributed by atoms with van der Waals surface area (Å²) in [7, 11) is 1.83. The molecule has 3 aromatic rings. The summed E-state index contributed by atoms with van der Waals surface area (Å²) < 4.78 is 7.41. The molecule has 1 aromatic heterocycles. The second kappa shape index (κ2) is 7.69. The average Bonchev–Trinajstić information content (AvgIpc) is 3.26. The van der Waals surface area contributed by atoms with Crippen molar-refractivity contribution in [2.45, 2.75) is 46.1 Å². The lowest BCUT2D eigenvalue weighted by Crippen LogP contribution is -2.33. The van der Waals surface area contributed by atoms with Crippen molar-refractivity contribution in [2.24, 2.45) is 0 Å². The number of hydrogen-bond donors (Lipinski definition) is 0. The molecule has 4 rings (SSSR count). The molecule has 0 aliphatic carbocycles. The number of hydrogen-bond acceptors (Lipinski definition) is 4. The van der Waals surface area contributed by atoms with E-state index in [1.54, 1.807) is 4.90 Å². The molecule has 1 aliphatic heterocycles. The van der Waals surface area contributed by atoms with Gasteiger partial charge in [-0.25, -0.2) is 9.67 Å². The van der Waals surface area contributed by atoms with Gasteiger partial charge in [-0.15, -0.1) is 5.10 Å². The number of benzene rings is 2. The number of fused-ring (bicyclic) bond motifs is 1. The van der Waals surface area contributed by atoms with Crippen LogP contribution >= 0.6 is 0 Å². The highest BCUT2D eigenvalue weighted by atomic mass is 16.5. The molecule has 0 radical (unpaired) electrons. The molecule has 0 spiro atoms. The minimum Gasteiger partial charge on any atom is -0.374 e. The zero-order chi connectivity index (χ0) is 21.5. The van der Waals surface area contributed by atoms with Crippen LogP contribution < -0.4 is 4.90 Å². The summed E-state index contributed by atoms with van der Waals surface area (Å²) in [5.41, 5.74) is 4.54. The van der Waals surface area contributed by atoms with E-state index in [2.05, 4.69) is 37.3 Å². The maximum Gasteiger partial charge on any atom is 0.236 e. The Morgan fingerprint density at radius 2 is 1.80 bits per heavy atom. The van der Waals surface area contributed by atoms with E-state index in [0.29, 0.717) is 19.0 Å². The third-order valence-electron chi connectivity index (χ3n) is 5.80. The predicted octanol–water partition coefficient (Wildman–Crippen LogP) is 4.29. The zero-order valence-electron chi connectivity index (χ0n) is 18.3. The summed E-state index contributed by atoms with van der Waals surface area (Å²) in [6.07, 6.45) is 0.988. The lowest BCUT2D eigenvalue weighted by molar-refractivity contribution is -0.121. The number of carbonyl (C=O) groups excluding carboxylic acids is 1. The first-order valence-electron chi connectivity index (χ1n) is 10.4. The van der Waals surface area contributed by atoms with Crippen LogP contribution in [0.4, 0.5) is 5.69 Å². The van der Waals surface area contributed by atoms with E-state index < -0.39 is 5.41 Å². The largest absolute Gasteiger partial charge is 0.374 e. The number of amides is 1. The predicted molar refractivity (Wildman–Crippen MR) is 118 cm³/mol. The van der Waals surface area contributed by atoms with Crippen molar-refractivity contribution in [1.82, 2.24) is 14.8 Å². The number of likely N-dealkylation sites (N-methyl/N-ethyl adjacent to an activating group) is 1. The van der Waals surface area contributed by atoms with Crippen molar-refractivity contribution in [3.05, 3.63) is 59.4 Å². The lowest BCUT2D eigenvalue weighted by atomic mass is 9.85. The fourth-order valence-corrected chi connectivity index (χ4v) is 3.96. The smallest absolute Gasteiger partial charge is 0.236 e. The monoisotopic (exact) mass is 404 g/mol. The van der Waals surface area contributed by atoms with Gasteiger partial charge in [0.2, 0.25) is 5.91 Å². The van der Waals surface area contributed by atoms with Crippen molar-refractivity contribution in [3.63, 3.8) is 0 Å². The number of carbonyl (C=O) groups is 1. The standard InChI is InChI=1S/C24H28N4O2/c1-6-16-8-11-18(12-9-16)28-22(25-21(26-28)15-30-7-2)17-10-13-20-19(14-17)24(3,4)23(29)27(20)5/h8-14H,6-7,15H2,1-5H3. The van der Waals surface area contributed by atoms with Gasteiger partial charge in [-0.05, 0) is 68.7 Å². The average molecular weight is 405 g/mol. The summed E-state index contributed by atoms with van der Waals surface area (Å²) in [6.45, 7) is 9.00. The lowest BCUT2D eigenvalue weighted by Gasteiger charge is -2.16. The SMILES string of the molecule is CCOCc1nc(-c2ccc3c(c2)C(C)(C)C(=O)N3C)n(-c2ccc(CC)cc2)n1. The van der Waals surface area contributed by atoms with E-state index in [1.807, 2.05) is 44.6 Å². The molecule has 2 aromatic carbocycles. The van der Waals surface area contributed by atoms with E-state index in [4.69, 9.17) is 14.8 Å². The Bertz CT molecular complexity index is 1080. The fraction of sp³-hybridized carbons (Fsp3) is 0.375. The van der Waals surface area contributed by atoms with Gasteiger partial charge in [0, 0.05) is 24.9 Å². The fourth-order valence-electron chi connectivity index (χ4n) is 3.96. The Morgan fingerprint density at radius 3 is 2.47 bits per heavy atom. The van der Waals surface area contributed by atoms with Gasteiger partial charge in [-0.3, -0.25) is 4.79 Å². The Balaban J connectivity index is 1.83. The van der Waals surface area contributed by atoms with Crippen molar-refractivity contribution in [2.75, 3.05) is 18.6 Å². The Labute approximate surface area is 177 Å². The van der Waals surface area contributed by atoms with Crippen LogP contribution in [0.25, 0.3) is 17.1 Å². The molecular weight excluding hydrogens is 376 g/mol. The number of nitrogens with zero attached hydrogens (tertiary/aromatic N) is 4. The molecule has 0 atom stereocenters. The molecule has 6 nitrogen and oxygen atoms in total. The number of ether oxygens (including phenoxy) is 1. The molecule has 0 N–H and O–H groups in total. The molecule has 30 heavy (non-hydrogen) atoms. The highest BCUT2D eigenvalue weighted by molar-refractivity contribution is 6.07. The summed E-state index contributed by atoms with van der Waals surface area (Å²) in [4.78, 5) is 19.2. The highest BCUT2D eigenvalue weighted by Crippen LogP contribution is 2.42. The molecule has 1 amide bonds. The van der Waals surface area contributed by atoms with E-state index in [0.717, 1.165) is 34.7 Å². The van der Waals surface area contributed by atoms with Crippen molar-refractivity contribution >= 4 is 11.6 Å². The maximum absolute atomic E-state index is 12.7.